The van der Waals surface area contributed by atoms with Gasteiger partial charge < -0.3 is 13.9 Å². The largest absolute Gasteiger partial charge is 0.543 e. The van der Waals surface area contributed by atoms with Gasteiger partial charge in [0.2, 0.25) is 8.32 Å². The first-order chi connectivity index (χ1) is 16.5. The third-order valence-corrected chi connectivity index (χ3v) is 11.3. The molecule has 0 radical (unpaired) electrons. The van der Waals surface area contributed by atoms with Crippen LogP contribution in [0.1, 0.15) is 57.8 Å². The molecule has 0 amide bonds. The summed E-state index contributed by atoms with van der Waals surface area (Å²) in [6, 6.07) is 8.06. The molecule has 1 unspecified atom stereocenters. The van der Waals surface area contributed by atoms with Crippen LogP contribution in [0.5, 0.6) is 5.75 Å². The van der Waals surface area contributed by atoms with Crippen molar-refractivity contribution in [2.24, 2.45) is 0 Å². The van der Waals surface area contributed by atoms with Gasteiger partial charge >= 0.3 is 5.97 Å². The van der Waals surface area contributed by atoms with Gasteiger partial charge in [0.1, 0.15) is 23.7 Å². The molecule has 0 N–H and O–H groups in total. The van der Waals surface area contributed by atoms with E-state index in [2.05, 4.69) is 56.0 Å². The van der Waals surface area contributed by atoms with Crippen LogP contribution in [0.25, 0.3) is 22.3 Å². The number of fused-ring (bicyclic) bond motifs is 1. The molecule has 1 atom stereocenters. The summed E-state index contributed by atoms with van der Waals surface area (Å²) in [5.41, 5.74) is 3.13. The van der Waals surface area contributed by atoms with E-state index in [1.54, 1.807) is 0 Å². The van der Waals surface area contributed by atoms with Crippen LogP contribution in [0.2, 0.25) is 18.1 Å². The molecule has 4 rings (SSSR count). The lowest BCUT2D eigenvalue weighted by molar-refractivity contribution is -0.139. The quantitative estimate of drug-likeness (QED) is 0.324. The summed E-state index contributed by atoms with van der Waals surface area (Å²) in [6.07, 6.45) is 2.97. The van der Waals surface area contributed by atoms with E-state index >= 15 is 0 Å². The van der Waals surface area contributed by atoms with E-state index in [0.717, 1.165) is 53.9 Å². The van der Waals surface area contributed by atoms with Gasteiger partial charge in [-0.2, -0.15) is 5.10 Å². The maximum atomic E-state index is 11.9. The molecule has 0 aliphatic carbocycles. The van der Waals surface area contributed by atoms with Crippen molar-refractivity contribution in [3.8, 4) is 17.1 Å². The van der Waals surface area contributed by atoms with E-state index in [1.165, 1.54) is 7.11 Å². The third-order valence-electron chi connectivity index (χ3n) is 6.96. The molecule has 1 saturated heterocycles. The average molecular weight is 497 g/mol. The van der Waals surface area contributed by atoms with E-state index in [4.69, 9.17) is 19.0 Å². The minimum absolute atomic E-state index is 0.00922. The number of carbonyl (C=O) groups excluding carboxylic acids is 1. The Balaban J connectivity index is 1.84. The number of rotatable bonds is 6. The first-order valence-electron chi connectivity index (χ1n) is 12.2. The zero-order valence-corrected chi connectivity index (χ0v) is 22.8. The summed E-state index contributed by atoms with van der Waals surface area (Å²) in [5.74, 6) is 0.866. The molecule has 3 aromatic rings. The summed E-state index contributed by atoms with van der Waals surface area (Å²) in [4.78, 5) is 21.0. The molecule has 0 spiro atoms. The first kappa shape index (κ1) is 25.3. The monoisotopic (exact) mass is 496 g/mol. The molecule has 1 aliphatic heterocycles. The number of benzene rings is 1. The number of aromatic nitrogens is 4. The maximum absolute atomic E-state index is 11.9. The van der Waals surface area contributed by atoms with Crippen LogP contribution >= 0.6 is 0 Å². The molecule has 1 aromatic carbocycles. The zero-order chi connectivity index (χ0) is 25.4. The fraction of sp³-hybridized carbons (Fsp3) is 0.538. The molecular formula is C26H36N4O4Si. The number of nitrogens with zero attached hydrogens (tertiary/aromatic N) is 4. The fourth-order valence-electron chi connectivity index (χ4n) is 3.99. The van der Waals surface area contributed by atoms with Gasteiger partial charge in [-0.1, -0.05) is 20.8 Å². The Labute approximate surface area is 208 Å². The second-order valence-electron chi connectivity index (χ2n) is 10.7. The number of esters is 1. The number of hydrogen-bond acceptors (Lipinski definition) is 7. The van der Waals surface area contributed by atoms with E-state index in [1.807, 2.05) is 23.7 Å². The molecule has 188 valence electrons. The second-order valence-corrected chi connectivity index (χ2v) is 15.4. The molecule has 0 saturated carbocycles. The zero-order valence-electron chi connectivity index (χ0n) is 21.8. The van der Waals surface area contributed by atoms with Crippen LogP contribution < -0.4 is 4.43 Å². The molecule has 1 aliphatic rings. The molecule has 0 bridgehead atoms. The summed E-state index contributed by atoms with van der Waals surface area (Å²) < 4.78 is 19.5. The highest BCUT2D eigenvalue weighted by atomic mass is 28.4. The predicted octanol–water partition coefficient (Wildman–Crippen LogP) is 5.60. The predicted molar refractivity (Wildman–Crippen MR) is 138 cm³/mol. The number of aryl methyl sites for hydroxylation is 1. The van der Waals surface area contributed by atoms with Crippen LogP contribution in [0, 0.1) is 6.92 Å². The Morgan fingerprint density at radius 1 is 1.20 bits per heavy atom. The summed E-state index contributed by atoms with van der Waals surface area (Å²) in [5, 5.41) is 6.02. The normalized spacial score (nSPS) is 16.9. The Morgan fingerprint density at radius 3 is 2.63 bits per heavy atom. The number of carbonyl (C=O) groups is 1. The van der Waals surface area contributed by atoms with Gasteiger partial charge in [0, 0.05) is 17.7 Å². The average Bonchev–Trinajstić information content (AvgIpc) is 3.17. The van der Waals surface area contributed by atoms with Gasteiger partial charge in [-0.3, -0.25) is 4.79 Å². The van der Waals surface area contributed by atoms with Crippen LogP contribution in [0.15, 0.2) is 24.3 Å². The van der Waals surface area contributed by atoms with Crippen LogP contribution in [-0.4, -0.2) is 47.8 Å². The minimum Gasteiger partial charge on any atom is -0.543 e. The van der Waals surface area contributed by atoms with Crippen molar-refractivity contribution in [3.63, 3.8) is 0 Å². The lowest BCUT2D eigenvalue weighted by Gasteiger charge is -2.36. The van der Waals surface area contributed by atoms with Gasteiger partial charge in [0.05, 0.1) is 18.3 Å². The van der Waals surface area contributed by atoms with E-state index < -0.39 is 8.32 Å². The van der Waals surface area contributed by atoms with Gasteiger partial charge in [-0.25, -0.2) is 14.6 Å². The van der Waals surface area contributed by atoms with Crippen LogP contribution in [-0.2, 0) is 20.7 Å². The fourth-order valence-corrected chi connectivity index (χ4v) is 5.01. The third kappa shape index (κ3) is 5.40. The smallest absolute Gasteiger partial charge is 0.313 e. The standard InChI is InChI=1S/C26H36N4O4Si/c1-17-14-20(28-22(27-17)16-24(31)32-5)25-19-15-18(34-35(6,7)26(2,3)4)11-12-21(19)30(29-25)23-10-8-9-13-33-23/h11-12,14-15,23H,8-10,13,16H2,1-7H3. The van der Waals surface area contributed by atoms with Gasteiger partial charge in [0.15, 0.2) is 6.23 Å². The van der Waals surface area contributed by atoms with Gasteiger partial charge in [0.25, 0.3) is 0 Å². The Morgan fingerprint density at radius 2 is 1.97 bits per heavy atom. The van der Waals surface area contributed by atoms with Crippen molar-refractivity contribution in [1.29, 1.82) is 0 Å². The summed E-state index contributed by atoms with van der Waals surface area (Å²) in [6.45, 7) is 13.8. The Kier molecular flexibility index (Phi) is 7.01. The molecular weight excluding hydrogens is 460 g/mol. The molecule has 3 heterocycles. The van der Waals surface area contributed by atoms with Crippen molar-refractivity contribution < 1.29 is 18.7 Å². The lowest BCUT2D eigenvalue weighted by atomic mass is 10.1. The topological polar surface area (TPSA) is 88.4 Å². The van der Waals surface area contributed by atoms with E-state index in [0.29, 0.717) is 11.5 Å². The number of ether oxygens (including phenoxy) is 2. The van der Waals surface area contributed by atoms with E-state index in [-0.39, 0.29) is 23.7 Å². The van der Waals surface area contributed by atoms with Crippen LogP contribution in [0.3, 0.4) is 0 Å². The molecule has 35 heavy (non-hydrogen) atoms. The van der Waals surface area contributed by atoms with Crippen LogP contribution in [0.4, 0.5) is 0 Å². The number of methoxy groups -OCH3 is 1. The number of hydrogen-bond donors (Lipinski definition) is 0. The van der Waals surface area contributed by atoms with E-state index in [9.17, 15) is 4.79 Å². The molecule has 2 aromatic heterocycles. The highest BCUT2D eigenvalue weighted by Crippen LogP contribution is 2.39. The summed E-state index contributed by atoms with van der Waals surface area (Å²) in [7, 11) is -0.661. The van der Waals surface area contributed by atoms with Crippen molar-refractivity contribution in [3.05, 3.63) is 35.8 Å². The van der Waals surface area contributed by atoms with Crippen molar-refractivity contribution in [2.45, 2.75) is 77.7 Å². The SMILES string of the molecule is COC(=O)Cc1nc(C)cc(-c2nn(C3CCCCO3)c3ccc(O[Si](C)(C)C(C)(C)C)cc23)n1. The molecule has 9 heteroatoms. The molecule has 1 fully saturated rings. The van der Waals surface area contributed by atoms with Gasteiger partial charge in [-0.15, -0.1) is 0 Å². The second kappa shape index (κ2) is 9.70. The van der Waals surface area contributed by atoms with Crippen molar-refractivity contribution >= 4 is 25.2 Å². The minimum atomic E-state index is -2.02. The maximum Gasteiger partial charge on any atom is 0.313 e. The van der Waals surface area contributed by atoms with Crippen molar-refractivity contribution in [2.75, 3.05) is 13.7 Å². The van der Waals surface area contributed by atoms with Gasteiger partial charge in [-0.05, 0) is 68.6 Å². The highest BCUT2D eigenvalue weighted by molar-refractivity contribution is 6.74. The lowest BCUT2D eigenvalue weighted by Crippen LogP contribution is -2.43. The molecule has 8 nitrogen and oxygen atoms in total. The van der Waals surface area contributed by atoms with Crippen molar-refractivity contribution in [1.82, 2.24) is 19.7 Å². The highest BCUT2D eigenvalue weighted by Gasteiger charge is 2.39. The first-order valence-corrected chi connectivity index (χ1v) is 15.1. The Hall–Kier alpha value is -2.78. The summed E-state index contributed by atoms with van der Waals surface area (Å²) >= 11 is 0. The Bertz CT molecular complexity index is 1230.